The second kappa shape index (κ2) is 6.20. The fourth-order valence-corrected chi connectivity index (χ4v) is 2.82. The van der Waals surface area contributed by atoms with Crippen LogP contribution in [0.25, 0.3) is 5.65 Å². The molecule has 3 rings (SSSR count). The van der Waals surface area contributed by atoms with Crippen LogP contribution in [-0.2, 0) is 6.61 Å². The molecule has 0 aliphatic rings. The highest BCUT2D eigenvalue weighted by Gasteiger charge is 2.15. The van der Waals surface area contributed by atoms with E-state index in [1.807, 2.05) is 31.2 Å². The number of hydrogen-bond donors (Lipinski definition) is 2. The Kier molecular flexibility index (Phi) is 4.26. The Hall–Kier alpha value is -2.08. The Bertz CT molecular complexity index is 954. The summed E-state index contributed by atoms with van der Waals surface area (Å²) in [4.78, 5) is 16.9. The van der Waals surface area contributed by atoms with Crippen molar-refractivity contribution in [2.45, 2.75) is 13.5 Å². The summed E-state index contributed by atoms with van der Waals surface area (Å²) in [6.45, 7) is 1.51. The Morgan fingerprint density at radius 2 is 2.09 bits per heavy atom. The van der Waals surface area contributed by atoms with Gasteiger partial charge in [-0.15, -0.1) is 0 Å². The van der Waals surface area contributed by atoms with Gasteiger partial charge < -0.3 is 10.4 Å². The normalized spacial score (nSPS) is 11.0. The van der Waals surface area contributed by atoms with Crippen LogP contribution in [0, 0.1) is 6.92 Å². The Morgan fingerprint density at radius 1 is 1.30 bits per heavy atom. The van der Waals surface area contributed by atoms with Gasteiger partial charge in [0.25, 0.3) is 5.56 Å². The second-order valence-electron chi connectivity index (χ2n) is 5.10. The molecule has 2 aromatic heterocycles. The highest BCUT2D eigenvalue weighted by Crippen LogP contribution is 2.24. The van der Waals surface area contributed by atoms with Crippen LogP contribution in [0.15, 0.2) is 41.3 Å². The number of fused-ring (bicyclic) bond motifs is 1. The number of nitrogens with zero attached hydrogens (tertiary/aromatic N) is 2. The van der Waals surface area contributed by atoms with E-state index in [4.69, 9.17) is 23.2 Å². The van der Waals surface area contributed by atoms with Crippen molar-refractivity contribution in [1.29, 1.82) is 0 Å². The van der Waals surface area contributed by atoms with E-state index in [0.717, 1.165) is 11.3 Å². The highest BCUT2D eigenvalue weighted by atomic mass is 35.5. The fourth-order valence-electron chi connectivity index (χ4n) is 2.31. The molecule has 0 saturated carbocycles. The van der Waals surface area contributed by atoms with Crippen molar-refractivity contribution in [3.8, 4) is 0 Å². The first kappa shape index (κ1) is 15.8. The summed E-state index contributed by atoms with van der Waals surface area (Å²) in [7, 11) is 0. The van der Waals surface area contributed by atoms with Gasteiger partial charge in [-0.3, -0.25) is 9.20 Å². The van der Waals surface area contributed by atoms with Gasteiger partial charge in [0.1, 0.15) is 5.82 Å². The van der Waals surface area contributed by atoms with Crippen molar-refractivity contribution >= 4 is 40.4 Å². The molecule has 0 fully saturated rings. The molecule has 0 aliphatic heterocycles. The fraction of sp³-hybridized carbons (Fsp3) is 0.125. The zero-order chi connectivity index (χ0) is 16.6. The van der Waals surface area contributed by atoms with Gasteiger partial charge in [-0.05, 0) is 30.7 Å². The molecule has 0 amide bonds. The number of aromatic nitrogens is 2. The van der Waals surface area contributed by atoms with Crippen LogP contribution >= 0.6 is 23.2 Å². The molecule has 0 bridgehead atoms. The van der Waals surface area contributed by atoms with E-state index in [9.17, 15) is 9.90 Å². The van der Waals surface area contributed by atoms with Crippen LogP contribution in [0.5, 0.6) is 0 Å². The first-order valence-electron chi connectivity index (χ1n) is 6.84. The average Bonchev–Trinajstić information content (AvgIpc) is 2.49. The van der Waals surface area contributed by atoms with E-state index in [1.54, 1.807) is 0 Å². The molecule has 5 nitrogen and oxygen atoms in total. The van der Waals surface area contributed by atoms with Crippen molar-refractivity contribution in [3.63, 3.8) is 0 Å². The van der Waals surface area contributed by atoms with Crippen molar-refractivity contribution in [1.82, 2.24) is 9.38 Å². The lowest BCUT2D eigenvalue weighted by atomic mass is 10.2. The Morgan fingerprint density at radius 3 is 2.78 bits per heavy atom. The van der Waals surface area contributed by atoms with Gasteiger partial charge in [0, 0.05) is 11.9 Å². The number of pyridine rings is 1. The molecule has 7 heteroatoms. The maximum Gasteiger partial charge on any atom is 0.265 e. The monoisotopic (exact) mass is 349 g/mol. The summed E-state index contributed by atoms with van der Waals surface area (Å²) in [6.07, 6.45) is 1.42. The quantitative estimate of drug-likeness (QED) is 0.758. The van der Waals surface area contributed by atoms with Gasteiger partial charge in [-0.1, -0.05) is 35.3 Å². The van der Waals surface area contributed by atoms with E-state index in [-0.39, 0.29) is 22.1 Å². The van der Waals surface area contributed by atoms with Gasteiger partial charge in [-0.25, -0.2) is 4.98 Å². The van der Waals surface area contributed by atoms with Crippen LogP contribution in [-0.4, -0.2) is 14.5 Å². The summed E-state index contributed by atoms with van der Waals surface area (Å²) in [6, 6.07) is 9.12. The van der Waals surface area contributed by atoms with Crippen LogP contribution in [0.3, 0.4) is 0 Å². The van der Waals surface area contributed by atoms with Crippen molar-refractivity contribution < 1.29 is 5.11 Å². The molecule has 0 saturated heterocycles. The lowest BCUT2D eigenvalue weighted by molar-refractivity contribution is 0.280. The predicted molar refractivity (Wildman–Crippen MR) is 91.9 cm³/mol. The molecule has 0 atom stereocenters. The van der Waals surface area contributed by atoms with E-state index in [0.29, 0.717) is 5.02 Å². The third kappa shape index (κ3) is 3.03. The van der Waals surface area contributed by atoms with Gasteiger partial charge in [-0.2, -0.15) is 0 Å². The number of aliphatic hydroxyl groups is 1. The third-order valence-electron chi connectivity index (χ3n) is 3.38. The molecule has 23 heavy (non-hydrogen) atoms. The molecule has 1 aromatic carbocycles. The summed E-state index contributed by atoms with van der Waals surface area (Å²) in [5, 5.41) is 13.2. The molecular formula is C16H13Cl2N3O2. The van der Waals surface area contributed by atoms with Gasteiger partial charge in [0.15, 0.2) is 5.65 Å². The first-order valence-corrected chi connectivity index (χ1v) is 7.60. The number of rotatable bonds is 3. The SMILES string of the molecule is Cc1cccc(Nc2nc3c(Cl)cc(Cl)cn3c(=O)c2CO)c1. The van der Waals surface area contributed by atoms with E-state index >= 15 is 0 Å². The molecule has 2 N–H and O–H groups in total. The van der Waals surface area contributed by atoms with Crippen molar-refractivity contribution in [2.24, 2.45) is 0 Å². The molecule has 0 radical (unpaired) electrons. The maximum atomic E-state index is 12.5. The number of anilines is 2. The van der Waals surface area contributed by atoms with Gasteiger partial charge in [0.05, 0.1) is 22.2 Å². The van der Waals surface area contributed by atoms with Crippen LogP contribution in [0.2, 0.25) is 10.0 Å². The Labute approximate surface area is 142 Å². The number of halogens is 2. The number of benzene rings is 1. The molecule has 118 valence electrons. The predicted octanol–water partition coefficient (Wildman–Crippen LogP) is 3.55. The smallest absolute Gasteiger partial charge is 0.265 e. The number of aliphatic hydroxyl groups excluding tert-OH is 1. The van der Waals surface area contributed by atoms with Crippen LogP contribution in [0.4, 0.5) is 11.5 Å². The molecule has 0 unspecified atom stereocenters. The summed E-state index contributed by atoms with van der Waals surface area (Å²) in [5.74, 6) is 0.271. The zero-order valence-electron chi connectivity index (χ0n) is 12.2. The van der Waals surface area contributed by atoms with Crippen molar-refractivity contribution in [3.05, 3.63) is 68.1 Å². The Balaban J connectivity index is 2.22. The minimum Gasteiger partial charge on any atom is -0.391 e. The van der Waals surface area contributed by atoms with E-state index < -0.39 is 12.2 Å². The summed E-state index contributed by atoms with van der Waals surface area (Å²) in [5.41, 5.74) is 1.82. The highest BCUT2D eigenvalue weighted by molar-refractivity contribution is 6.36. The number of nitrogens with one attached hydrogen (secondary N) is 1. The minimum absolute atomic E-state index is 0.141. The maximum absolute atomic E-state index is 12.5. The van der Waals surface area contributed by atoms with E-state index in [2.05, 4.69) is 10.3 Å². The topological polar surface area (TPSA) is 66.6 Å². The number of hydrogen-bond acceptors (Lipinski definition) is 4. The average molecular weight is 350 g/mol. The van der Waals surface area contributed by atoms with Crippen LogP contribution < -0.4 is 10.9 Å². The molecule has 2 heterocycles. The lowest BCUT2D eigenvalue weighted by Gasteiger charge is -2.12. The van der Waals surface area contributed by atoms with Crippen LogP contribution in [0.1, 0.15) is 11.1 Å². The standard InChI is InChI=1S/C16H13Cl2N3O2/c1-9-3-2-4-11(5-9)19-14-12(8-22)16(23)21-7-10(17)6-13(18)15(21)20-14/h2-7,19,22H,8H2,1H3. The summed E-state index contributed by atoms with van der Waals surface area (Å²) >= 11 is 12.1. The molecule has 0 aliphatic carbocycles. The molecule has 3 aromatic rings. The summed E-state index contributed by atoms with van der Waals surface area (Å²) < 4.78 is 1.23. The van der Waals surface area contributed by atoms with E-state index in [1.165, 1.54) is 16.7 Å². The third-order valence-corrected chi connectivity index (χ3v) is 3.86. The zero-order valence-corrected chi connectivity index (χ0v) is 13.7. The van der Waals surface area contributed by atoms with Gasteiger partial charge in [0.2, 0.25) is 0 Å². The number of aryl methyl sites for hydroxylation is 1. The lowest BCUT2D eigenvalue weighted by Crippen LogP contribution is -2.22. The molecule has 0 spiro atoms. The minimum atomic E-state index is -0.451. The first-order chi connectivity index (χ1) is 11.0. The molecular weight excluding hydrogens is 337 g/mol. The second-order valence-corrected chi connectivity index (χ2v) is 5.94. The largest absolute Gasteiger partial charge is 0.391 e. The van der Waals surface area contributed by atoms with Gasteiger partial charge >= 0.3 is 0 Å². The van der Waals surface area contributed by atoms with Crippen molar-refractivity contribution in [2.75, 3.05) is 5.32 Å².